The van der Waals surface area contributed by atoms with Gasteiger partial charge in [0.2, 0.25) is 0 Å². The van der Waals surface area contributed by atoms with Crippen LogP contribution in [0, 0.1) is 10.2 Å². The predicted octanol–water partition coefficient (Wildman–Crippen LogP) is 1.15. The Kier molecular flexibility index (Phi) is 2.77. The first-order chi connectivity index (χ1) is 4.83. The summed E-state index contributed by atoms with van der Waals surface area (Å²) < 4.78 is 1.03. The molecule has 0 fully saturated rings. The Balaban J connectivity index is 2.87. The van der Waals surface area contributed by atoms with Crippen molar-refractivity contribution in [3.05, 3.63) is 29.3 Å². The van der Waals surface area contributed by atoms with Gasteiger partial charge < -0.3 is 0 Å². The summed E-state index contributed by atoms with van der Waals surface area (Å²) in [6, 6.07) is 7.40. The van der Waals surface area contributed by atoms with Crippen LogP contribution in [0.15, 0.2) is 24.3 Å². The zero-order chi connectivity index (χ0) is 7.40. The second kappa shape index (κ2) is 3.63. The zero-order valence-electron chi connectivity index (χ0n) is 5.04. The molecule has 3 heteroatoms. The summed E-state index contributed by atoms with van der Waals surface area (Å²) in [4.78, 5) is 2.12. The van der Waals surface area contributed by atoms with Crippen LogP contribution < -0.4 is 4.46 Å². The Morgan fingerprint density at radius 3 is 2.90 bits per heavy atom. The average Bonchev–Trinajstić information content (AvgIpc) is 1.88. The number of hydrogen-bond acceptors (Lipinski definition) is 1. The van der Waals surface area contributed by atoms with E-state index in [-0.39, 0.29) is 15.0 Å². The molecule has 0 atom stereocenters. The molecular weight excluding hydrogens is 212 g/mol. The first-order valence-electron chi connectivity index (χ1n) is 2.64. The van der Waals surface area contributed by atoms with Gasteiger partial charge in [0.25, 0.3) is 0 Å². The summed E-state index contributed by atoms with van der Waals surface area (Å²) in [5, 5.41) is 9.05. The Hall–Kier alpha value is -0.481. The molecule has 1 aromatic rings. The molecule has 0 aliphatic rings. The molecule has 0 heterocycles. The average molecular weight is 217 g/mol. The number of benzene rings is 1. The van der Waals surface area contributed by atoms with Crippen LogP contribution >= 0.6 is 11.6 Å². The Bertz CT molecular complexity index is 267. The van der Waals surface area contributed by atoms with Crippen LogP contribution in [0.5, 0.6) is 0 Å². The summed E-state index contributed by atoms with van der Waals surface area (Å²) in [6.07, 6.45) is 0. The maximum absolute atomic E-state index is 8.35. The minimum atomic E-state index is -0.0785. The Labute approximate surface area is 70.8 Å². The summed E-state index contributed by atoms with van der Waals surface area (Å²) in [6.45, 7) is 0. The molecule has 0 saturated heterocycles. The summed E-state index contributed by atoms with van der Waals surface area (Å²) >= 11 is 5.60. The number of nitrogens with zero attached hydrogens (tertiary/aromatic N) is 1. The molecule has 0 bridgehead atoms. The van der Waals surface area contributed by atoms with Gasteiger partial charge in [-0.2, -0.15) is 0 Å². The number of rotatable bonds is 1. The molecular formula is C7H4ClNSe. The third-order valence-electron chi connectivity index (χ3n) is 0.960. The van der Waals surface area contributed by atoms with Crippen LogP contribution in [0.1, 0.15) is 0 Å². The topological polar surface area (TPSA) is 23.8 Å². The molecule has 0 aromatic heterocycles. The van der Waals surface area contributed by atoms with Crippen molar-refractivity contribution in [1.82, 2.24) is 0 Å². The Morgan fingerprint density at radius 2 is 2.30 bits per heavy atom. The molecule has 0 saturated carbocycles. The van der Waals surface area contributed by atoms with E-state index in [2.05, 4.69) is 4.97 Å². The molecule has 1 nitrogen and oxygen atoms in total. The van der Waals surface area contributed by atoms with Crippen molar-refractivity contribution in [2.75, 3.05) is 0 Å². The van der Waals surface area contributed by atoms with E-state index in [9.17, 15) is 0 Å². The van der Waals surface area contributed by atoms with Crippen LogP contribution in [-0.2, 0) is 0 Å². The molecule has 10 heavy (non-hydrogen) atoms. The van der Waals surface area contributed by atoms with E-state index in [1.54, 1.807) is 6.07 Å². The van der Waals surface area contributed by atoms with Crippen molar-refractivity contribution >= 4 is 31.0 Å². The normalized spacial score (nSPS) is 8.80. The number of hydrogen-bond donors (Lipinski definition) is 0. The number of halogens is 1. The molecule has 1 aromatic carbocycles. The van der Waals surface area contributed by atoms with Gasteiger partial charge in [-0.1, -0.05) is 0 Å². The quantitative estimate of drug-likeness (QED) is 0.646. The first-order valence-corrected chi connectivity index (χ1v) is 4.73. The molecule has 1 rings (SSSR count). The van der Waals surface area contributed by atoms with E-state index < -0.39 is 0 Å². The molecule has 0 N–H and O–H groups in total. The third kappa shape index (κ3) is 2.04. The van der Waals surface area contributed by atoms with Gasteiger partial charge in [-0.05, 0) is 0 Å². The zero-order valence-corrected chi connectivity index (χ0v) is 7.51. The van der Waals surface area contributed by atoms with Gasteiger partial charge >= 0.3 is 70.5 Å². The van der Waals surface area contributed by atoms with Crippen LogP contribution in [0.3, 0.4) is 0 Å². The summed E-state index contributed by atoms with van der Waals surface area (Å²) in [5.41, 5.74) is 0. The van der Waals surface area contributed by atoms with E-state index >= 15 is 0 Å². The van der Waals surface area contributed by atoms with Gasteiger partial charge in [0.1, 0.15) is 0 Å². The third-order valence-corrected chi connectivity index (χ3v) is 2.41. The van der Waals surface area contributed by atoms with Gasteiger partial charge in [-0.15, -0.1) is 0 Å². The van der Waals surface area contributed by atoms with Gasteiger partial charge in [0, 0.05) is 0 Å². The van der Waals surface area contributed by atoms with Crippen LogP contribution in [0.2, 0.25) is 5.02 Å². The van der Waals surface area contributed by atoms with Crippen molar-refractivity contribution in [2.24, 2.45) is 0 Å². The van der Waals surface area contributed by atoms with Crippen molar-refractivity contribution in [3.8, 4) is 4.97 Å². The van der Waals surface area contributed by atoms with E-state index in [1.165, 1.54) is 0 Å². The fourth-order valence-electron chi connectivity index (χ4n) is 0.583. The predicted molar refractivity (Wildman–Crippen MR) is 42.5 cm³/mol. The standard InChI is InChI=1S/C7H4ClNSe/c8-6-2-1-3-7(4-6)10-5-9/h1-4H. The van der Waals surface area contributed by atoms with E-state index in [0.29, 0.717) is 5.02 Å². The van der Waals surface area contributed by atoms with Gasteiger partial charge in [0.15, 0.2) is 0 Å². The van der Waals surface area contributed by atoms with Gasteiger partial charge in [-0.25, -0.2) is 0 Å². The van der Waals surface area contributed by atoms with Crippen LogP contribution in [0.25, 0.3) is 0 Å². The van der Waals surface area contributed by atoms with Crippen molar-refractivity contribution in [2.45, 2.75) is 0 Å². The molecule has 0 aliphatic heterocycles. The van der Waals surface area contributed by atoms with E-state index in [0.717, 1.165) is 4.46 Å². The first kappa shape index (κ1) is 7.62. The summed E-state index contributed by atoms with van der Waals surface area (Å²) in [5.74, 6) is 0. The monoisotopic (exact) mass is 217 g/mol. The second-order valence-electron chi connectivity index (χ2n) is 1.65. The fourth-order valence-corrected chi connectivity index (χ4v) is 1.84. The fraction of sp³-hybridized carbons (Fsp3) is 0. The maximum atomic E-state index is 8.35. The Morgan fingerprint density at radius 1 is 1.50 bits per heavy atom. The van der Waals surface area contributed by atoms with E-state index in [4.69, 9.17) is 16.9 Å². The molecule has 0 amide bonds. The second-order valence-corrected chi connectivity index (χ2v) is 3.89. The van der Waals surface area contributed by atoms with E-state index in [1.807, 2.05) is 18.2 Å². The number of nitriles is 1. The minimum absolute atomic E-state index is 0.0785. The van der Waals surface area contributed by atoms with Crippen LogP contribution in [-0.4, -0.2) is 15.0 Å². The van der Waals surface area contributed by atoms with Gasteiger partial charge in [-0.3, -0.25) is 0 Å². The van der Waals surface area contributed by atoms with Crippen molar-refractivity contribution in [1.29, 1.82) is 5.26 Å². The molecule has 0 spiro atoms. The van der Waals surface area contributed by atoms with Crippen molar-refractivity contribution < 1.29 is 0 Å². The molecule has 50 valence electrons. The molecule has 0 radical (unpaired) electrons. The van der Waals surface area contributed by atoms with Crippen LogP contribution in [0.4, 0.5) is 0 Å². The molecule has 0 unspecified atom stereocenters. The summed E-state index contributed by atoms with van der Waals surface area (Å²) in [7, 11) is 0. The SMILES string of the molecule is N#C[Se]c1cccc(Cl)c1. The van der Waals surface area contributed by atoms with Gasteiger partial charge in [0.05, 0.1) is 0 Å². The molecule has 0 aliphatic carbocycles. The van der Waals surface area contributed by atoms with Crippen molar-refractivity contribution in [3.63, 3.8) is 0 Å².